The Morgan fingerprint density at radius 1 is 1.21 bits per heavy atom. The van der Waals surface area contributed by atoms with Crippen LogP contribution in [0, 0.1) is 23.7 Å². The summed E-state index contributed by atoms with van der Waals surface area (Å²) in [5, 5.41) is 0. The zero-order valence-electron chi connectivity index (χ0n) is 8.80. The fourth-order valence-electron chi connectivity index (χ4n) is 4.19. The summed E-state index contributed by atoms with van der Waals surface area (Å²) in [4.78, 5) is 0. The van der Waals surface area contributed by atoms with E-state index >= 15 is 0 Å². The zero-order chi connectivity index (χ0) is 10.00. The standard InChI is InChI=1S/C10H12O4/c1-10-6-4-2-3-5(6)9(14-10)12-7(3)11-8(4)13-10/h3-9H,2H2,1H3/t3-,4+,5-,6-,7+,8-,9+,10-/m1/s1/i9D. The average Bonchev–Trinajstić information content (AvgIpc) is 2.70. The second-order valence-electron chi connectivity index (χ2n) is 5.16. The van der Waals surface area contributed by atoms with Gasteiger partial charge in [0.2, 0.25) is 0 Å². The first-order chi connectivity index (χ1) is 7.11. The predicted octanol–water partition coefficient (Wildman–Crippen LogP) is 0.670. The minimum atomic E-state index is -1.21. The maximum absolute atomic E-state index is 8.23. The molecule has 4 nitrogen and oxygen atoms in total. The van der Waals surface area contributed by atoms with Crippen molar-refractivity contribution in [1.29, 1.82) is 0 Å². The molecule has 0 N–H and O–H groups in total. The summed E-state index contributed by atoms with van der Waals surface area (Å²) in [5.41, 5.74) is 0. The smallest absolute Gasteiger partial charge is 0.175 e. The van der Waals surface area contributed by atoms with Crippen LogP contribution in [0.15, 0.2) is 0 Å². The van der Waals surface area contributed by atoms with E-state index in [0.717, 1.165) is 6.42 Å². The molecule has 8 atom stereocenters. The third-order valence-corrected chi connectivity index (χ3v) is 4.58. The molecule has 76 valence electrons. The van der Waals surface area contributed by atoms with Gasteiger partial charge in [-0.05, 0) is 13.3 Å². The van der Waals surface area contributed by atoms with E-state index in [1.807, 2.05) is 6.92 Å². The molecule has 0 radical (unpaired) electrons. The van der Waals surface area contributed by atoms with Gasteiger partial charge in [-0.25, -0.2) is 0 Å². The van der Waals surface area contributed by atoms with Gasteiger partial charge in [-0.2, -0.15) is 0 Å². The quantitative estimate of drug-likeness (QED) is 0.572. The number of hydrogen-bond acceptors (Lipinski definition) is 4. The highest BCUT2D eigenvalue weighted by Gasteiger charge is 2.76. The van der Waals surface area contributed by atoms with E-state index in [4.69, 9.17) is 20.3 Å². The van der Waals surface area contributed by atoms with Crippen LogP contribution in [0.5, 0.6) is 0 Å². The first kappa shape index (κ1) is 6.43. The highest BCUT2D eigenvalue weighted by molar-refractivity contribution is 5.12. The van der Waals surface area contributed by atoms with Crippen molar-refractivity contribution in [3.05, 3.63) is 0 Å². The minimum absolute atomic E-state index is 0.144. The van der Waals surface area contributed by atoms with Crippen molar-refractivity contribution < 1.29 is 20.3 Å². The van der Waals surface area contributed by atoms with E-state index < -0.39 is 12.1 Å². The SMILES string of the molecule is [2H][C@]12O[C@@H]3O[C@@H]4O[C@](C)(O1)[C@@H]1[C@@H]4C[C@@H]3[C@H]12. The molecule has 4 heteroatoms. The molecule has 0 aromatic carbocycles. The molecule has 14 heavy (non-hydrogen) atoms. The van der Waals surface area contributed by atoms with E-state index in [1.165, 1.54) is 0 Å². The lowest BCUT2D eigenvalue weighted by Gasteiger charge is -2.33. The Balaban J connectivity index is 1.80. The van der Waals surface area contributed by atoms with E-state index in [1.54, 1.807) is 0 Å². The number of rotatable bonds is 0. The summed E-state index contributed by atoms with van der Waals surface area (Å²) in [5.74, 6) is 0.543. The molecule has 4 heterocycles. The highest BCUT2D eigenvalue weighted by atomic mass is 16.9. The number of hydrogen-bond donors (Lipinski definition) is 0. The Labute approximate surface area is 82.9 Å². The fraction of sp³-hybridized carbons (Fsp3) is 1.00. The summed E-state index contributed by atoms with van der Waals surface area (Å²) in [6, 6.07) is 0. The van der Waals surface area contributed by atoms with Crippen molar-refractivity contribution in [3.63, 3.8) is 0 Å². The molecule has 0 spiro atoms. The minimum Gasteiger partial charge on any atom is -0.323 e. The molecule has 0 unspecified atom stereocenters. The Morgan fingerprint density at radius 2 is 2.14 bits per heavy atom. The van der Waals surface area contributed by atoms with Gasteiger partial charge in [0.1, 0.15) is 0 Å². The Bertz CT molecular complexity index is 344. The van der Waals surface area contributed by atoms with Crippen LogP contribution < -0.4 is 0 Å². The molecule has 0 amide bonds. The molecular weight excluding hydrogens is 184 g/mol. The van der Waals surface area contributed by atoms with Crippen molar-refractivity contribution >= 4 is 0 Å². The molecule has 1 saturated carbocycles. The second-order valence-corrected chi connectivity index (χ2v) is 5.16. The molecule has 0 aromatic heterocycles. The lowest BCUT2D eigenvalue weighted by atomic mass is 9.86. The van der Waals surface area contributed by atoms with Gasteiger partial charge in [-0.3, -0.25) is 0 Å². The molecular formula is C10H12O4. The van der Waals surface area contributed by atoms with E-state index in [-0.39, 0.29) is 24.4 Å². The van der Waals surface area contributed by atoms with Crippen LogP contribution in [0.25, 0.3) is 0 Å². The molecule has 1 aliphatic carbocycles. The summed E-state index contributed by atoms with van der Waals surface area (Å²) in [6.45, 7) is 1.93. The van der Waals surface area contributed by atoms with Gasteiger partial charge < -0.3 is 18.9 Å². The summed E-state index contributed by atoms with van der Waals surface area (Å²) >= 11 is 0. The van der Waals surface area contributed by atoms with E-state index in [9.17, 15) is 0 Å². The Morgan fingerprint density at radius 3 is 3.07 bits per heavy atom. The maximum Gasteiger partial charge on any atom is 0.175 e. The van der Waals surface area contributed by atoms with Crippen molar-refractivity contribution in [2.45, 2.75) is 38.0 Å². The largest absolute Gasteiger partial charge is 0.323 e. The highest BCUT2D eigenvalue weighted by Crippen LogP contribution is 2.68. The molecule has 5 rings (SSSR count). The molecule has 2 bridgehead atoms. The first-order valence-electron chi connectivity index (χ1n) is 5.82. The predicted molar refractivity (Wildman–Crippen MR) is 42.7 cm³/mol. The van der Waals surface area contributed by atoms with Crippen molar-refractivity contribution in [1.82, 2.24) is 0 Å². The van der Waals surface area contributed by atoms with Crippen molar-refractivity contribution in [2.75, 3.05) is 0 Å². The van der Waals surface area contributed by atoms with Crippen LogP contribution in [-0.4, -0.2) is 24.6 Å². The molecule has 4 aliphatic heterocycles. The van der Waals surface area contributed by atoms with Crippen molar-refractivity contribution in [3.8, 4) is 0 Å². The van der Waals surface area contributed by atoms with Gasteiger partial charge in [0.15, 0.2) is 24.6 Å². The molecule has 5 fully saturated rings. The monoisotopic (exact) mass is 197 g/mol. The van der Waals surface area contributed by atoms with Crippen LogP contribution >= 0.6 is 0 Å². The third-order valence-electron chi connectivity index (χ3n) is 4.58. The third kappa shape index (κ3) is 0.518. The van der Waals surface area contributed by atoms with Crippen LogP contribution in [-0.2, 0) is 18.9 Å². The molecule has 0 aromatic rings. The van der Waals surface area contributed by atoms with Crippen LogP contribution in [0.4, 0.5) is 0 Å². The lowest BCUT2D eigenvalue weighted by Crippen LogP contribution is -2.40. The van der Waals surface area contributed by atoms with Crippen LogP contribution in [0.1, 0.15) is 14.7 Å². The van der Waals surface area contributed by atoms with Gasteiger partial charge in [0.05, 0.1) is 1.37 Å². The van der Waals surface area contributed by atoms with Crippen LogP contribution in [0.3, 0.4) is 0 Å². The fourth-order valence-corrected chi connectivity index (χ4v) is 4.19. The second kappa shape index (κ2) is 1.78. The van der Waals surface area contributed by atoms with Gasteiger partial charge in [0.25, 0.3) is 0 Å². The van der Waals surface area contributed by atoms with E-state index in [2.05, 4.69) is 0 Å². The molecule has 4 saturated heterocycles. The summed E-state index contributed by atoms with van der Waals surface area (Å²) in [7, 11) is 0. The first-order valence-corrected chi connectivity index (χ1v) is 5.32. The Kier molecular flexibility index (Phi) is 0.815. The van der Waals surface area contributed by atoms with Gasteiger partial charge in [-0.1, -0.05) is 0 Å². The maximum atomic E-state index is 8.23. The van der Waals surface area contributed by atoms with Gasteiger partial charge >= 0.3 is 0 Å². The normalized spacial score (nSPS) is 82.8. The topological polar surface area (TPSA) is 36.9 Å². The lowest BCUT2D eigenvalue weighted by molar-refractivity contribution is -0.376. The van der Waals surface area contributed by atoms with Crippen molar-refractivity contribution in [2.24, 2.45) is 23.7 Å². The van der Waals surface area contributed by atoms with Gasteiger partial charge in [0, 0.05) is 23.7 Å². The summed E-state index contributed by atoms with van der Waals surface area (Å²) in [6.07, 6.45) is -0.584. The summed E-state index contributed by atoms with van der Waals surface area (Å²) < 4.78 is 31.1. The van der Waals surface area contributed by atoms with E-state index in [0.29, 0.717) is 11.8 Å². The zero-order valence-corrected chi connectivity index (χ0v) is 7.80. The van der Waals surface area contributed by atoms with Gasteiger partial charge in [-0.15, -0.1) is 0 Å². The van der Waals surface area contributed by atoms with Crippen LogP contribution in [0.2, 0.25) is 0 Å². The number of ether oxygens (including phenoxy) is 4. The Hall–Kier alpha value is -0.160. The average molecular weight is 197 g/mol. The molecule has 5 aliphatic rings.